The zero-order valence-electron chi connectivity index (χ0n) is 16.7. The quantitative estimate of drug-likeness (QED) is 0.622. The van der Waals surface area contributed by atoms with Gasteiger partial charge in [0.25, 0.3) is 0 Å². The minimum absolute atomic E-state index is 0.164. The Morgan fingerprint density at radius 2 is 1.87 bits per heavy atom. The molecule has 0 radical (unpaired) electrons. The number of rotatable bonds is 6. The van der Waals surface area contributed by atoms with Crippen molar-refractivity contribution in [1.82, 2.24) is 25.5 Å². The number of thiophene rings is 1. The maximum atomic E-state index is 12.6. The number of likely N-dealkylation sites (N-methyl/N-ethyl adjacent to an activating group) is 1. The van der Waals surface area contributed by atoms with Gasteiger partial charge >= 0.3 is 0 Å². The first-order valence-electron chi connectivity index (χ1n) is 9.87. The highest BCUT2D eigenvalue weighted by atomic mass is 32.1. The molecule has 0 bridgehead atoms. The molecule has 1 saturated heterocycles. The standard InChI is InChI=1S/C21H24N6O2S/c1-22-20(29)18(15-5-3-2-4-6-15)25-17(28)13-26-8-10-27(11-9-26)19-16-7-12-30-21(16)24-14-23-19/h2-7,12,14,18H,8-11,13H2,1H3,(H,22,29)(H,25,28). The van der Waals surface area contributed by atoms with E-state index in [4.69, 9.17) is 0 Å². The number of anilines is 1. The third-order valence-corrected chi connectivity index (χ3v) is 6.05. The number of nitrogens with one attached hydrogen (secondary N) is 2. The van der Waals surface area contributed by atoms with Gasteiger partial charge in [-0.3, -0.25) is 14.5 Å². The Bertz CT molecular complexity index is 1020. The Hall–Kier alpha value is -3.04. The first kappa shape index (κ1) is 20.2. The van der Waals surface area contributed by atoms with Gasteiger partial charge in [-0.15, -0.1) is 11.3 Å². The average Bonchev–Trinajstić information content (AvgIpc) is 3.27. The lowest BCUT2D eigenvalue weighted by molar-refractivity contribution is -0.129. The number of hydrogen-bond acceptors (Lipinski definition) is 7. The maximum Gasteiger partial charge on any atom is 0.246 e. The van der Waals surface area contributed by atoms with Crippen LogP contribution in [0.5, 0.6) is 0 Å². The van der Waals surface area contributed by atoms with Gasteiger partial charge in [0.05, 0.1) is 11.9 Å². The predicted molar refractivity (Wildman–Crippen MR) is 117 cm³/mol. The summed E-state index contributed by atoms with van der Waals surface area (Å²) in [5.74, 6) is 0.556. The van der Waals surface area contributed by atoms with Crippen LogP contribution in [0.2, 0.25) is 0 Å². The largest absolute Gasteiger partial charge is 0.357 e. The number of amides is 2. The molecule has 0 saturated carbocycles. The van der Waals surface area contributed by atoms with Gasteiger partial charge in [0, 0.05) is 33.2 Å². The van der Waals surface area contributed by atoms with E-state index in [0.717, 1.165) is 47.8 Å². The average molecular weight is 425 g/mol. The predicted octanol–water partition coefficient (Wildman–Crippen LogP) is 1.42. The number of benzene rings is 1. The van der Waals surface area contributed by atoms with Crippen molar-refractivity contribution in [1.29, 1.82) is 0 Å². The summed E-state index contributed by atoms with van der Waals surface area (Å²) in [6.07, 6.45) is 1.61. The van der Waals surface area contributed by atoms with Gasteiger partial charge in [-0.25, -0.2) is 9.97 Å². The summed E-state index contributed by atoms with van der Waals surface area (Å²) in [7, 11) is 1.57. The number of hydrogen-bond donors (Lipinski definition) is 2. The third kappa shape index (κ3) is 4.42. The van der Waals surface area contributed by atoms with Crippen molar-refractivity contribution in [2.45, 2.75) is 6.04 Å². The van der Waals surface area contributed by atoms with Crippen LogP contribution in [0.3, 0.4) is 0 Å². The Morgan fingerprint density at radius 3 is 2.60 bits per heavy atom. The lowest BCUT2D eigenvalue weighted by Gasteiger charge is -2.35. The van der Waals surface area contributed by atoms with Crippen LogP contribution in [0.1, 0.15) is 11.6 Å². The number of carbonyl (C=O) groups excluding carboxylic acids is 2. The number of aromatic nitrogens is 2. The van der Waals surface area contributed by atoms with Crippen LogP contribution < -0.4 is 15.5 Å². The third-order valence-electron chi connectivity index (χ3n) is 5.23. The highest BCUT2D eigenvalue weighted by Crippen LogP contribution is 2.27. The molecule has 1 aliphatic heterocycles. The van der Waals surface area contributed by atoms with Crippen LogP contribution in [0, 0.1) is 0 Å². The molecule has 2 amide bonds. The summed E-state index contributed by atoms with van der Waals surface area (Å²) >= 11 is 1.61. The van der Waals surface area contributed by atoms with E-state index < -0.39 is 6.04 Å². The molecule has 1 unspecified atom stereocenters. The van der Waals surface area contributed by atoms with Crippen molar-refractivity contribution in [3.8, 4) is 0 Å². The van der Waals surface area contributed by atoms with Crippen LogP contribution in [0.25, 0.3) is 10.2 Å². The highest BCUT2D eigenvalue weighted by Gasteiger charge is 2.25. The Kier molecular flexibility index (Phi) is 6.20. The summed E-state index contributed by atoms with van der Waals surface area (Å²) in [6, 6.07) is 10.6. The minimum atomic E-state index is -0.696. The molecule has 2 aromatic heterocycles. The number of nitrogens with zero attached hydrogens (tertiary/aromatic N) is 4. The van der Waals surface area contributed by atoms with E-state index in [1.807, 2.05) is 35.7 Å². The zero-order chi connectivity index (χ0) is 20.9. The number of carbonyl (C=O) groups is 2. The van der Waals surface area contributed by atoms with Gasteiger partial charge in [-0.05, 0) is 17.0 Å². The summed E-state index contributed by atoms with van der Waals surface area (Å²) in [5, 5.41) is 8.59. The van der Waals surface area contributed by atoms with Crippen molar-refractivity contribution < 1.29 is 9.59 Å². The van der Waals surface area contributed by atoms with Crippen LogP contribution in [0.15, 0.2) is 48.1 Å². The molecule has 0 spiro atoms. The minimum Gasteiger partial charge on any atom is -0.357 e. The molecule has 156 valence electrons. The van der Waals surface area contributed by atoms with Crippen molar-refractivity contribution in [2.24, 2.45) is 0 Å². The molecular formula is C21H24N6O2S. The van der Waals surface area contributed by atoms with E-state index in [1.54, 1.807) is 24.7 Å². The fraction of sp³-hybridized carbons (Fsp3) is 0.333. The maximum absolute atomic E-state index is 12.6. The molecule has 2 N–H and O–H groups in total. The molecular weight excluding hydrogens is 400 g/mol. The van der Waals surface area contributed by atoms with Crippen molar-refractivity contribution in [3.63, 3.8) is 0 Å². The molecule has 1 aliphatic rings. The first-order chi connectivity index (χ1) is 14.7. The molecule has 4 rings (SSSR count). The summed E-state index contributed by atoms with van der Waals surface area (Å²) in [4.78, 5) is 39.0. The Morgan fingerprint density at radius 1 is 1.10 bits per heavy atom. The van der Waals surface area contributed by atoms with E-state index in [2.05, 4.69) is 36.5 Å². The number of piperazine rings is 1. The smallest absolute Gasteiger partial charge is 0.246 e. The lowest BCUT2D eigenvalue weighted by atomic mass is 10.1. The van der Waals surface area contributed by atoms with E-state index in [0.29, 0.717) is 0 Å². The second kappa shape index (κ2) is 9.19. The van der Waals surface area contributed by atoms with E-state index in [1.165, 1.54) is 0 Å². The Labute approximate surface area is 178 Å². The molecule has 3 aromatic rings. The van der Waals surface area contributed by atoms with Gasteiger partial charge < -0.3 is 15.5 Å². The van der Waals surface area contributed by atoms with Crippen LogP contribution in [-0.4, -0.2) is 66.5 Å². The highest BCUT2D eigenvalue weighted by molar-refractivity contribution is 7.16. The van der Waals surface area contributed by atoms with Crippen molar-refractivity contribution >= 4 is 39.2 Å². The topological polar surface area (TPSA) is 90.5 Å². The van der Waals surface area contributed by atoms with E-state index in [9.17, 15) is 9.59 Å². The molecule has 0 aliphatic carbocycles. The van der Waals surface area contributed by atoms with Gasteiger partial charge in [0.1, 0.15) is 23.0 Å². The monoisotopic (exact) mass is 424 g/mol. The fourth-order valence-electron chi connectivity index (χ4n) is 3.65. The second-order valence-electron chi connectivity index (χ2n) is 7.13. The van der Waals surface area contributed by atoms with E-state index in [-0.39, 0.29) is 18.4 Å². The van der Waals surface area contributed by atoms with Crippen LogP contribution in [-0.2, 0) is 9.59 Å². The lowest BCUT2D eigenvalue weighted by Crippen LogP contribution is -2.50. The van der Waals surface area contributed by atoms with Gasteiger partial charge in [0.2, 0.25) is 11.8 Å². The van der Waals surface area contributed by atoms with Gasteiger partial charge in [-0.1, -0.05) is 30.3 Å². The van der Waals surface area contributed by atoms with E-state index >= 15 is 0 Å². The fourth-order valence-corrected chi connectivity index (χ4v) is 4.37. The van der Waals surface area contributed by atoms with Crippen LogP contribution >= 0.6 is 11.3 Å². The molecule has 8 nitrogen and oxygen atoms in total. The molecule has 3 heterocycles. The molecule has 30 heavy (non-hydrogen) atoms. The first-order valence-corrected chi connectivity index (χ1v) is 10.7. The normalized spacial score (nSPS) is 15.7. The van der Waals surface area contributed by atoms with Crippen LogP contribution in [0.4, 0.5) is 5.82 Å². The molecule has 1 aromatic carbocycles. The zero-order valence-corrected chi connectivity index (χ0v) is 17.6. The summed E-state index contributed by atoms with van der Waals surface area (Å²) in [5.41, 5.74) is 0.763. The molecule has 1 atom stereocenters. The SMILES string of the molecule is CNC(=O)C(NC(=O)CN1CCN(c2ncnc3sccc23)CC1)c1ccccc1. The van der Waals surface area contributed by atoms with Crippen molar-refractivity contribution in [2.75, 3.05) is 44.7 Å². The second-order valence-corrected chi connectivity index (χ2v) is 8.02. The summed E-state index contributed by atoms with van der Waals surface area (Å²) < 4.78 is 0. The summed E-state index contributed by atoms with van der Waals surface area (Å²) in [6.45, 7) is 3.32. The number of fused-ring (bicyclic) bond motifs is 1. The molecule has 9 heteroatoms. The van der Waals surface area contributed by atoms with Gasteiger partial charge in [-0.2, -0.15) is 0 Å². The molecule has 1 fully saturated rings. The van der Waals surface area contributed by atoms with Gasteiger partial charge in [0.15, 0.2) is 0 Å². The Balaban J connectivity index is 1.35. The van der Waals surface area contributed by atoms with Crippen molar-refractivity contribution in [3.05, 3.63) is 53.7 Å².